The van der Waals surface area contributed by atoms with Gasteiger partial charge in [0.15, 0.2) is 0 Å². The van der Waals surface area contributed by atoms with Gasteiger partial charge in [0.1, 0.15) is 0 Å². The summed E-state index contributed by atoms with van der Waals surface area (Å²) in [4.78, 5) is 13.2. The van der Waals surface area contributed by atoms with Gasteiger partial charge >= 0.3 is 0 Å². The topological polar surface area (TPSA) is 32.3 Å². The van der Waals surface area contributed by atoms with Crippen molar-refractivity contribution in [2.45, 2.75) is 19.4 Å². The number of carbonyl (C=O) groups excluding carboxylic acids is 1. The van der Waals surface area contributed by atoms with E-state index in [4.69, 9.17) is 0 Å². The van der Waals surface area contributed by atoms with Gasteiger partial charge in [-0.25, -0.2) is 0 Å². The molecule has 1 aromatic carbocycles. The van der Waals surface area contributed by atoms with Crippen molar-refractivity contribution < 1.29 is 4.79 Å². The van der Waals surface area contributed by atoms with E-state index in [1.165, 1.54) is 5.56 Å². The molecule has 88 valence electrons. The zero-order chi connectivity index (χ0) is 12.0. The molecule has 0 heterocycles. The Kier molecular flexibility index (Phi) is 4.99. The maximum Gasteiger partial charge on any atom is 0.217 e. The molecule has 0 saturated heterocycles. The Morgan fingerprint density at radius 2 is 1.94 bits per heavy atom. The lowest BCUT2D eigenvalue weighted by Gasteiger charge is -2.21. The summed E-state index contributed by atoms with van der Waals surface area (Å²) in [5.74, 6) is 0.0304. The zero-order valence-electron chi connectivity index (χ0n) is 10.2. The number of benzene rings is 1. The van der Waals surface area contributed by atoms with E-state index in [1.54, 1.807) is 6.92 Å². The van der Waals surface area contributed by atoms with E-state index in [-0.39, 0.29) is 11.9 Å². The number of amides is 1. The monoisotopic (exact) mass is 220 g/mol. The fourth-order valence-electron chi connectivity index (χ4n) is 1.79. The number of hydrogen-bond acceptors (Lipinski definition) is 2. The smallest absolute Gasteiger partial charge is 0.217 e. The minimum Gasteiger partial charge on any atom is -0.352 e. The molecule has 1 amide bonds. The molecule has 16 heavy (non-hydrogen) atoms. The van der Waals surface area contributed by atoms with Gasteiger partial charge in [0, 0.05) is 19.5 Å². The molecule has 0 bridgehead atoms. The van der Waals surface area contributed by atoms with E-state index in [9.17, 15) is 4.79 Å². The van der Waals surface area contributed by atoms with Crippen LogP contribution in [0.15, 0.2) is 30.3 Å². The third-order valence-electron chi connectivity index (χ3n) is 2.32. The zero-order valence-corrected chi connectivity index (χ0v) is 10.2. The van der Waals surface area contributed by atoms with Crippen molar-refractivity contribution in [2.24, 2.45) is 0 Å². The van der Waals surface area contributed by atoms with Crippen LogP contribution in [0.1, 0.15) is 12.5 Å². The summed E-state index contributed by atoms with van der Waals surface area (Å²) in [5, 5.41) is 2.98. The molecule has 0 spiro atoms. The Morgan fingerprint density at radius 3 is 2.44 bits per heavy atom. The van der Waals surface area contributed by atoms with E-state index in [0.717, 1.165) is 13.0 Å². The van der Waals surface area contributed by atoms with Gasteiger partial charge in [-0.15, -0.1) is 0 Å². The van der Waals surface area contributed by atoms with Gasteiger partial charge in [-0.1, -0.05) is 30.3 Å². The number of hydrogen-bond donors (Lipinski definition) is 1. The molecule has 3 heteroatoms. The first kappa shape index (κ1) is 12.7. The van der Waals surface area contributed by atoms with Gasteiger partial charge in [-0.05, 0) is 26.1 Å². The first-order chi connectivity index (χ1) is 7.58. The fourth-order valence-corrected chi connectivity index (χ4v) is 1.79. The predicted molar refractivity (Wildman–Crippen MR) is 66.3 cm³/mol. The van der Waals surface area contributed by atoms with Crippen molar-refractivity contribution >= 4 is 5.91 Å². The molecule has 1 unspecified atom stereocenters. The molecule has 1 atom stereocenters. The van der Waals surface area contributed by atoms with Crippen molar-refractivity contribution in [2.75, 3.05) is 20.6 Å². The van der Waals surface area contributed by atoms with E-state index in [1.807, 2.05) is 32.3 Å². The van der Waals surface area contributed by atoms with Crippen molar-refractivity contribution in [3.05, 3.63) is 35.9 Å². The quantitative estimate of drug-likeness (QED) is 0.811. The molecule has 0 radical (unpaired) electrons. The Bertz CT molecular complexity index is 322. The Hall–Kier alpha value is -1.35. The Balaban J connectivity index is 2.59. The number of carbonyl (C=O) groups is 1. The van der Waals surface area contributed by atoms with Crippen LogP contribution in [0.5, 0.6) is 0 Å². The van der Waals surface area contributed by atoms with Crippen LogP contribution in [0.4, 0.5) is 0 Å². The fraction of sp³-hybridized carbons (Fsp3) is 0.462. The molecule has 3 nitrogen and oxygen atoms in total. The SMILES string of the molecule is CC(=O)NC(Cc1ccccc1)CN(C)C. The van der Waals surface area contributed by atoms with Gasteiger partial charge in [0.05, 0.1) is 0 Å². The average molecular weight is 220 g/mol. The third kappa shape index (κ3) is 4.94. The number of nitrogens with one attached hydrogen (secondary N) is 1. The van der Waals surface area contributed by atoms with Crippen molar-refractivity contribution in [1.82, 2.24) is 10.2 Å². The maximum atomic E-state index is 11.1. The molecular weight excluding hydrogens is 200 g/mol. The minimum absolute atomic E-state index is 0.0304. The molecule has 0 aliphatic heterocycles. The van der Waals surface area contributed by atoms with Crippen LogP contribution in [-0.4, -0.2) is 37.5 Å². The van der Waals surface area contributed by atoms with Crippen molar-refractivity contribution in [1.29, 1.82) is 0 Å². The van der Waals surface area contributed by atoms with Gasteiger partial charge in [-0.3, -0.25) is 4.79 Å². The van der Waals surface area contributed by atoms with Crippen LogP contribution in [0, 0.1) is 0 Å². The minimum atomic E-state index is 0.0304. The van der Waals surface area contributed by atoms with Crippen molar-refractivity contribution in [3.63, 3.8) is 0 Å². The van der Waals surface area contributed by atoms with E-state index in [0.29, 0.717) is 0 Å². The summed E-state index contributed by atoms with van der Waals surface area (Å²) < 4.78 is 0. The second-order valence-corrected chi connectivity index (χ2v) is 4.35. The second-order valence-electron chi connectivity index (χ2n) is 4.35. The second kappa shape index (κ2) is 6.28. The van der Waals surface area contributed by atoms with Gasteiger partial charge < -0.3 is 10.2 Å². The Labute approximate surface area is 97.5 Å². The molecule has 0 aromatic heterocycles. The van der Waals surface area contributed by atoms with Crippen LogP contribution >= 0.6 is 0 Å². The Morgan fingerprint density at radius 1 is 1.31 bits per heavy atom. The van der Waals surface area contributed by atoms with Gasteiger partial charge in [0.25, 0.3) is 0 Å². The highest BCUT2D eigenvalue weighted by Gasteiger charge is 2.11. The highest BCUT2D eigenvalue weighted by molar-refractivity contribution is 5.73. The summed E-state index contributed by atoms with van der Waals surface area (Å²) in [6.07, 6.45) is 0.874. The lowest BCUT2D eigenvalue weighted by Crippen LogP contribution is -2.42. The highest BCUT2D eigenvalue weighted by Crippen LogP contribution is 2.03. The standard InChI is InChI=1S/C13H20N2O/c1-11(16)14-13(10-15(2)3)9-12-7-5-4-6-8-12/h4-8,13H,9-10H2,1-3H3,(H,14,16). The van der Waals surface area contributed by atoms with E-state index in [2.05, 4.69) is 22.3 Å². The normalized spacial score (nSPS) is 12.5. The lowest BCUT2D eigenvalue weighted by atomic mass is 10.1. The molecular formula is C13H20N2O. The molecule has 1 N–H and O–H groups in total. The first-order valence-corrected chi connectivity index (χ1v) is 5.53. The molecule has 0 saturated carbocycles. The number of likely N-dealkylation sites (N-methyl/N-ethyl adjacent to an activating group) is 1. The summed E-state index contributed by atoms with van der Waals surface area (Å²) in [5.41, 5.74) is 1.25. The van der Waals surface area contributed by atoms with Crippen LogP contribution < -0.4 is 5.32 Å². The lowest BCUT2D eigenvalue weighted by molar-refractivity contribution is -0.119. The molecule has 0 aliphatic rings. The predicted octanol–water partition coefficient (Wildman–Crippen LogP) is 1.30. The van der Waals surface area contributed by atoms with Crippen LogP contribution in [0.2, 0.25) is 0 Å². The van der Waals surface area contributed by atoms with Crippen LogP contribution in [0.3, 0.4) is 0 Å². The maximum absolute atomic E-state index is 11.1. The summed E-state index contributed by atoms with van der Waals surface area (Å²) in [7, 11) is 4.03. The molecule has 1 aromatic rings. The van der Waals surface area contributed by atoms with E-state index < -0.39 is 0 Å². The number of nitrogens with zero attached hydrogens (tertiary/aromatic N) is 1. The molecule has 0 aliphatic carbocycles. The van der Waals surface area contributed by atoms with Crippen molar-refractivity contribution in [3.8, 4) is 0 Å². The summed E-state index contributed by atoms with van der Waals surface area (Å²) in [6, 6.07) is 10.4. The third-order valence-corrected chi connectivity index (χ3v) is 2.32. The molecule has 1 rings (SSSR count). The van der Waals surface area contributed by atoms with Gasteiger partial charge in [-0.2, -0.15) is 0 Å². The average Bonchev–Trinajstić information content (AvgIpc) is 2.16. The number of rotatable bonds is 5. The van der Waals surface area contributed by atoms with Crippen LogP contribution in [-0.2, 0) is 11.2 Å². The van der Waals surface area contributed by atoms with E-state index >= 15 is 0 Å². The van der Waals surface area contributed by atoms with Crippen LogP contribution in [0.25, 0.3) is 0 Å². The summed E-state index contributed by atoms with van der Waals surface area (Å²) >= 11 is 0. The molecule has 0 fully saturated rings. The van der Waals surface area contributed by atoms with Gasteiger partial charge in [0.2, 0.25) is 5.91 Å². The first-order valence-electron chi connectivity index (χ1n) is 5.53. The largest absolute Gasteiger partial charge is 0.352 e. The summed E-state index contributed by atoms with van der Waals surface area (Å²) in [6.45, 7) is 2.42. The highest BCUT2D eigenvalue weighted by atomic mass is 16.1.